The predicted molar refractivity (Wildman–Crippen MR) is 93.4 cm³/mol. The Morgan fingerprint density at radius 2 is 1.70 bits per heavy atom. The summed E-state index contributed by atoms with van der Waals surface area (Å²) in [6.45, 7) is 11.8. The van der Waals surface area contributed by atoms with Gasteiger partial charge >= 0.3 is 0 Å². The molecule has 5 heteroatoms. The summed E-state index contributed by atoms with van der Waals surface area (Å²) in [5, 5.41) is 13.4. The lowest BCUT2D eigenvalue weighted by Gasteiger charge is -2.37. The van der Waals surface area contributed by atoms with Gasteiger partial charge in [-0.05, 0) is 18.3 Å². The zero-order valence-electron chi connectivity index (χ0n) is 15.2. The number of rotatable bonds is 6. The largest absolute Gasteiger partial charge is 0.391 e. The summed E-state index contributed by atoms with van der Waals surface area (Å²) in [5.74, 6) is 0.211. The van der Waals surface area contributed by atoms with Gasteiger partial charge in [0, 0.05) is 51.7 Å². The molecule has 0 aromatic heterocycles. The van der Waals surface area contributed by atoms with Crippen molar-refractivity contribution < 1.29 is 9.90 Å². The van der Waals surface area contributed by atoms with Gasteiger partial charge in [-0.3, -0.25) is 9.69 Å². The van der Waals surface area contributed by atoms with Crippen LogP contribution < -0.4 is 5.32 Å². The molecule has 5 nitrogen and oxygen atoms in total. The van der Waals surface area contributed by atoms with Crippen LogP contribution in [0.1, 0.15) is 52.9 Å². The van der Waals surface area contributed by atoms with E-state index in [4.69, 9.17) is 0 Å². The number of carbonyl (C=O) groups is 1. The summed E-state index contributed by atoms with van der Waals surface area (Å²) in [5.41, 5.74) is -0.0601. The third kappa shape index (κ3) is 6.40. The van der Waals surface area contributed by atoms with Crippen molar-refractivity contribution in [3.8, 4) is 0 Å². The van der Waals surface area contributed by atoms with Gasteiger partial charge in [-0.25, -0.2) is 0 Å². The van der Waals surface area contributed by atoms with E-state index in [1.54, 1.807) is 0 Å². The van der Waals surface area contributed by atoms with Crippen molar-refractivity contribution in [3.05, 3.63) is 0 Å². The van der Waals surface area contributed by atoms with E-state index in [0.29, 0.717) is 12.5 Å². The normalized spacial score (nSPS) is 23.1. The Hall–Kier alpha value is -0.650. The Labute approximate surface area is 141 Å². The van der Waals surface area contributed by atoms with Gasteiger partial charge in [0.2, 0.25) is 5.91 Å². The van der Waals surface area contributed by atoms with Crippen LogP contribution in [0.25, 0.3) is 0 Å². The maximum atomic E-state index is 12.0. The van der Waals surface area contributed by atoms with E-state index in [2.05, 4.69) is 35.9 Å². The van der Waals surface area contributed by atoms with Gasteiger partial charge in [0.1, 0.15) is 0 Å². The highest BCUT2D eigenvalue weighted by Crippen LogP contribution is 2.20. The molecule has 1 heterocycles. The molecule has 0 aromatic rings. The van der Waals surface area contributed by atoms with Crippen LogP contribution in [0.5, 0.6) is 0 Å². The van der Waals surface area contributed by atoms with Crippen molar-refractivity contribution in [3.63, 3.8) is 0 Å². The third-order valence-electron chi connectivity index (χ3n) is 5.27. The lowest BCUT2D eigenvalue weighted by atomic mass is 9.89. The van der Waals surface area contributed by atoms with Gasteiger partial charge in [0.05, 0.1) is 6.10 Å². The predicted octanol–water partition coefficient (Wildman–Crippen LogP) is 1.46. The van der Waals surface area contributed by atoms with E-state index >= 15 is 0 Å². The van der Waals surface area contributed by atoms with Gasteiger partial charge < -0.3 is 15.3 Å². The quantitative estimate of drug-likeness (QED) is 0.776. The van der Waals surface area contributed by atoms with E-state index in [1.807, 2.05) is 0 Å². The van der Waals surface area contributed by atoms with Crippen LogP contribution in [0, 0.1) is 5.41 Å². The number of piperazine rings is 1. The molecule has 0 radical (unpaired) electrons. The Kier molecular flexibility index (Phi) is 6.86. The summed E-state index contributed by atoms with van der Waals surface area (Å²) >= 11 is 0. The molecule has 1 saturated heterocycles. The lowest BCUT2D eigenvalue weighted by Crippen LogP contribution is -2.50. The van der Waals surface area contributed by atoms with Crippen molar-refractivity contribution >= 4 is 5.91 Å². The maximum absolute atomic E-state index is 12.0. The summed E-state index contributed by atoms with van der Waals surface area (Å²) in [6, 6.07) is 0.429. The molecule has 1 atom stereocenters. The number of hydrogen-bond donors (Lipinski definition) is 2. The highest BCUT2D eigenvalue weighted by Gasteiger charge is 2.26. The molecule has 2 rings (SSSR count). The standard InChI is InChI=1S/C18H35N3O2/c1-18(2,3)16(22)14-21-12-10-20(11-13-21)9-8-17(23)19-15-6-4-5-7-15/h15-16,22H,4-14H2,1-3H3,(H,19,23). The fourth-order valence-corrected chi connectivity index (χ4v) is 3.34. The minimum atomic E-state index is -0.286. The van der Waals surface area contributed by atoms with Crippen molar-refractivity contribution in [1.82, 2.24) is 15.1 Å². The van der Waals surface area contributed by atoms with Gasteiger partial charge in [0.25, 0.3) is 0 Å². The molecule has 1 unspecified atom stereocenters. The molecular formula is C18H35N3O2. The van der Waals surface area contributed by atoms with E-state index in [-0.39, 0.29) is 17.4 Å². The van der Waals surface area contributed by atoms with Crippen LogP contribution in [-0.4, -0.2) is 72.2 Å². The molecule has 2 N–H and O–H groups in total. The Bertz CT molecular complexity index is 367. The molecule has 2 fully saturated rings. The number of nitrogens with one attached hydrogen (secondary N) is 1. The first-order valence-electron chi connectivity index (χ1n) is 9.27. The number of β-amino-alcohol motifs (C(OH)–C–C–N with tert-alkyl or cyclic N) is 1. The van der Waals surface area contributed by atoms with E-state index in [9.17, 15) is 9.90 Å². The number of nitrogens with zero attached hydrogens (tertiary/aromatic N) is 2. The Morgan fingerprint density at radius 3 is 2.26 bits per heavy atom. The second-order valence-corrected chi connectivity index (χ2v) is 8.32. The van der Waals surface area contributed by atoms with Crippen LogP contribution in [0.15, 0.2) is 0 Å². The molecule has 1 aliphatic carbocycles. The number of carbonyl (C=O) groups excluding carboxylic acids is 1. The summed E-state index contributed by atoms with van der Waals surface area (Å²) in [4.78, 5) is 16.7. The fraction of sp³-hybridized carbons (Fsp3) is 0.944. The molecular weight excluding hydrogens is 290 g/mol. The molecule has 0 bridgehead atoms. The van der Waals surface area contributed by atoms with Crippen molar-refractivity contribution in [1.29, 1.82) is 0 Å². The minimum absolute atomic E-state index is 0.0601. The zero-order valence-corrected chi connectivity index (χ0v) is 15.2. The van der Waals surface area contributed by atoms with Gasteiger partial charge in [-0.15, -0.1) is 0 Å². The maximum Gasteiger partial charge on any atom is 0.221 e. The third-order valence-corrected chi connectivity index (χ3v) is 5.27. The average molecular weight is 325 g/mol. The van der Waals surface area contributed by atoms with E-state index < -0.39 is 0 Å². The zero-order chi connectivity index (χ0) is 16.9. The summed E-state index contributed by atoms with van der Waals surface area (Å²) in [6.07, 6.45) is 5.15. The summed E-state index contributed by atoms with van der Waals surface area (Å²) in [7, 11) is 0. The Morgan fingerprint density at radius 1 is 1.13 bits per heavy atom. The first-order valence-corrected chi connectivity index (χ1v) is 9.27. The van der Waals surface area contributed by atoms with Gasteiger partial charge in [0.15, 0.2) is 0 Å². The second-order valence-electron chi connectivity index (χ2n) is 8.32. The SMILES string of the molecule is CC(C)(C)C(O)CN1CCN(CCC(=O)NC2CCCC2)CC1. The van der Waals surface area contributed by atoms with Crippen LogP contribution in [0.4, 0.5) is 0 Å². The second kappa shape index (κ2) is 8.45. The first-order chi connectivity index (χ1) is 10.8. The van der Waals surface area contributed by atoms with Crippen molar-refractivity contribution in [2.24, 2.45) is 5.41 Å². The minimum Gasteiger partial charge on any atom is -0.391 e. The number of aliphatic hydroxyl groups excluding tert-OH is 1. The average Bonchev–Trinajstić information content (AvgIpc) is 2.98. The highest BCUT2D eigenvalue weighted by atomic mass is 16.3. The monoisotopic (exact) mass is 325 g/mol. The lowest BCUT2D eigenvalue weighted by molar-refractivity contribution is -0.122. The van der Waals surface area contributed by atoms with Crippen molar-refractivity contribution in [2.45, 2.75) is 65.0 Å². The topological polar surface area (TPSA) is 55.8 Å². The number of hydrogen-bond acceptors (Lipinski definition) is 4. The molecule has 1 aliphatic heterocycles. The Balaban J connectivity index is 1.60. The summed E-state index contributed by atoms with van der Waals surface area (Å²) < 4.78 is 0. The van der Waals surface area contributed by atoms with Crippen LogP contribution >= 0.6 is 0 Å². The molecule has 23 heavy (non-hydrogen) atoms. The highest BCUT2D eigenvalue weighted by molar-refractivity contribution is 5.76. The number of aliphatic hydroxyl groups is 1. The first kappa shape index (κ1) is 18.7. The fourth-order valence-electron chi connectivity index (χ4n) is 3.34. The van der Waals surface area contributed by atoms with Crippen LogP contribution in [0.2, 0.25) is 0 Å². The molecule has 2 aliphatic rings. The van der Waals surface area contributed by atoms with Gasteiger partial charge in [-0.2, -0.15) is 0 Å². The molecule has 134 valence electrons. The van der Waals surface area contributed by atoms with Crippen molar-refractivity contribution in [2.75, 3.05) is 39.3 Å². The molecule has 1 amide bonds. The van der Waals surface area contributed by atoms with E-state index in [1.165, 1.54) is 12.8 Å². The molecule has 0 aromatic carbocycles. The van der Waals surface area contributed by atoms with Crippen LogP contribution in [-0.2, 0) is 4.79 Å². The molecule has 1 saturated carbocycles. The molecule has 0 spiro atoms. The number of amides is 1. The smallest absolute Gasteiger partial charge is 0.221 e. The van der Waals surface area contributed by atoms with E-state index in [0.717, 1.165) is 52.1 Å². The van der Waals surface area contributed by atoms with Gasteiger partial charge in [-0.1, -0.05) is 33.6 Å². The van der Waals surface area contributed by atoms with Crippen LogP contribution in [0.3, 0.4) is 0 Å².